The molecule has 0 radical (unpaired) electrons. The fourth-order valence-corrected chi connectivity index (χ4v) is 2.95. The molecule has 0 spiro atoms. The Balaban J connectivity index is 2.02. The Hall–Kier alpha value is -0.290. The maximum Gasteiger partial charge on any atom is 0.253 e. The molecule has 0 bridgehead atoms. The van der Waals surface area contributed by atoms with Crippen molar-refractivity contribution in [3.05, 3.63) is 33.4 Å². The highest BCUT2D eigenvalue weighted by molar-refractivity contribution is 14.1. The Morgan fingerprint density at radius 2 is 2.12 bits per heavy atom. The molecule has 1 fully saturated rings. The van der Waals surface area contributed by atoms with E-state index in [9.17, 15) is 4.79 Å². The largest absolute Gasteiger partial charge is 0.339 e. The number of amides is 1. The first-order valence-electron chi connectivity index (χ1n) is 5.81. The second kappa shape index (κ2) is 6.05. The molecule has 2 rings (SSSR count). The summed E-state index contributed by atoms with van der Waals surface area (Å²) in [6.07, 6.45) is 2.05. The van der Waals surface area contributed by atoms with Crippen molar-refractivity contribution in [3.8, 4) is 0 Å². The van der Waals surface area contributed by atoms with Gasteiger partial charge in [-0.05, 0) is 59.5 Å². The SMILES string of the molecule is O=C(c1cccc(I)c1)N1CCC(CCl)CC1. The molecule has 2 nitrogen and oxygen atoms in total. The lowest BCUT2D eigenvalue weighted by molar-refractivity contribution is 0.0698. The van der Waals surface area contributed by atoms with Gasteiger partial charge in [-0.3, -0.25) is 4.79 Å². The van der Waals surface area contributed by atoms with Gasteiger partial charge in [0.05, 0.1) is 0 Å². The lowest BCUT2D eigenvalue weighted by atomic mass is 9.98. The van der Waals surface area contributed by atoms with Gasteiger partial charge in [0, 0.05) is 28.1 Å². The van der Waals surface area contributed by atoms with Crippen LogP contribution in [0, 0.1) is 9.49 Å². The minimum Gasteiger partial charge on any atom is -0.339 e. The van der Waals surface area contributed by atoms with Crippen LogP contribution < -0.4 is 0 Å². The summed E-state index contributed by atoms with van der Waals surface area (Å²) in [4.78, 5) is 14.2. The van der Waals surface area contributed by atoms with Gasteiger partial charge in [0.2, 0.25) is 0 Å². The molecule has 0 atom stereocenters. The van der Waals surface area contributed by atoms with E-state index in [1.807, 2.05) is 29.2 Å². The number of benzene rings is 1. The number of rotatable bonds is 2. The summed E-state index contributed by atoms with van der Waals surface area (Å²) in [6, 6.07) is 7.76. The van der Waals surface area contributed by atoms with Gasteiger partial charge in [0.25, 0.3) is 5.91 Å². The molecular weight excluding hydrogens is 349 g/mol. The van der Waals surface area contributed by atoms with E-state index in [0.717, 1.165) is 35.1 Å². The van der Waals surface area contributed by atoms with Crippen LogP contribution in [0.4, 0.5) is 0 Å². The van der Waals surface area contributed by atoms with E-state index in [0.29, 0.717) is 11.8 Å². The quantitative estimate of drug-likeness (QED) is 0.583. The maximum atomic E-state index is 12.2. The number of carbonyl (C=O) groups is 1. The van der Waals surface area contributed by atoms with E-state index < -0.39 is 0 Å². The van der Waals surface area contributed by atoms with Gasteiger partial charge in [0.1, 0.15) is 0 Å². The van der Waals surface area contributed by atoms with E-state index in [2.05, 4.69) is 22.6 Å². The van der Waals surface area contributed by atoms with Crippen molar-refractivity contribution in [2.75, 3.05) is 19.0 Å². The molecule has 1 aliphatic heterocycles. The van der Waals surface area contributed by atoms with Crippen molar-refractivity contribution < 1.29 is 4.79 Å². The fourth-order valence-electron chi connectivity index (χ4n) is 2.09. The Morgan fingerprint density at radius 1 is 1.41 bits per heavy atom. The average molecular weight is 364 g/mol. The highest BCUT2D eigenvalue weighted by Gasteiger charge is 2.22. The zero-order valence-corrected chi connectivity index (χ0v) is 12.4. The smallest absolute Gasteiger partial charge is 0.253 e. The number of hydrogen-bond acceptors (Lipinski definition) is 1. The van der Waals surface area contributed by atoms with Crippen molar-refractivity contribution in [3.63, 3.8) is 0 Å². The first-order chi connectivity index (χ1) is 8.20. The van der Waals surface area contributed by atoms with Crippen LogP contribution in [0.5, 0.6) is 0 Å². The summed E-state index contributed by atoms with van der Waals surface area (Å²) in [6.45, 7) is 1.67. The molecule has 0 aromatic heterocycles. The van der Waals surface area contributed by atoms with E-state index in [1.54, 1.807) is 0 Å². The molecule has 0 aliphatic carbocycles. The number of alkyl halides is 1. The van der Waals surface area contributed by atoms with Crippen molar-refractivity contribution in [1.82, 2.24) is 4.90 Å². The van der Waals surface area contributed by atoms with Crippen molar-refractivity contribution in [2.24, 2.45) is 5.92 Å². The molecule has 1 saturated heterocycles. The third-order valence-corrected chi connectivity index (χ3v) is 4.30. The van der Waals surface area contributed by atoms with Gasteiger partial charge >= 0.3 is 0 Å². The summed E-state index contributed by atoms with van der Waals surface area (Å²) in [7, 11) is 0. The predicted molar refractivity (Wildman–Crippen MR) is 78.5 cm³/mol. The molecule has 1 aromatic rings. The summed E-state index contributed by atoms with van der Waals surface area (Å²) in [5, 5.41) is 0. The second-order valence-electron chi connectivity index (χ2n) is 4.40. The first kappa shape index (κ1) is 13.1. The Morgan fingerprint density at radius 3 is 2.71 bits per heavy atom. The summed E-state index contributed by atoms with van der Waals surface area (Å²) in [5.41, 5.74) is 0.793. The number of halogens is 2. The summed E-state index contributed by atoms with van der Waals surface area (Å²) in [5.74, 6) is 1.44. The lowest BCUT2D eigenvalue weighted by Crippen LogP contribution is -2.38. The van der Waals surface area contributed by atoms with Crippen LogP contribution in [-0.4, -0.2) is 29.8 Å². The van der Waals surface area contributed by atoms with Gasteiger partial charge in [-0.2, -0.15) is 0 Å². The molecule has 0 saturated carbocycles. The van der Waals surface area contributed by atoms with E-state index in [4.69, 9.17) is 11.6 Å². The van der Waals surface area contributed by atoms with Crippen LogP contribution in [-0.2, 0) is 0 Å². The van der Waals surface area contributed by atoms with Crippen LogP contribution in [0.3, 0.4) is 0 Å². The monoisotopic (exact) mass is 363 g/mol. The number of carbonyl (C=O) groups excluding carboxylic acids is 1. The standard InChI is InChI=1S/C13H15ClINO/c14-9-10-4-6-16(7-5-10)13(17)11-2-1-3-12(15)8-11/h1-3,8,10H,4-7,9H2. The molecule has 17 heavy (non-hydrogen) atoms. The number of likely N-dealkylation sites (tertiary alicyclic amines) is 1. The molecule has 1 amide bonds. The second-order valence-corrected chi connectivity index (χ2v) is 5.95. The zero-order chi connectivity index (χ0) is 12.3. The number of piperidine rings is 1. The highest BCUT2D eigenvalue weighted by Crippen LogP contribution is 2.20. The third-order valence-electron chi connectivity index (χ3n) is 3.19. The molecule has 1 aliphatic rings. The van der Waals surface area contributed by atoms with Crippen molar-refractivity contribution >= 4 is 40.1 Å². The summed E-state index contributed by atoms with van der Waals surface area (Å²) >= 11 is 8.07. The molecule has 0 unspecified atom stereocenters. The molecule has 1 heterocycles. The van der Waals surface area contributed by atoms with Crippen LogP contribution in [0.15, 0.2) is 24.3 Å². The van der Waals surface area contributed by atoms with Gasteiger partial charge in [0.15, 0.2) is 0 Å². The number of hydrogen-bond donors (Lipinski definition) is 0. The van der Waals surface area contributed by atoms with Crippen molar-refractivity contribution in [2.45, 2.75) is 12.8 Å². The Labute approximate surface area is 120 Å². The minimum absolute atomic E-state index is 0.150. The van der Waals surface area contributed by atoms with Crippen molar-refractivity contribution in [1.29, 1.82) is 0 Å². The minimum atomic E-state index is 0.150. The fraction of sp³-hybridized carbons (Fsp3) is 0.462. The lowest BCUT2D eigenvalue weighted by Gasteiger charge is -2.31. The number of nitrogens with zero attached hydrogens (tertiary/aromatic N) is 1. The highest BCUT2D eigenvalue weighted by atomic mass is 127. The van der Waals surface area contributed by atoms with Crippen LogP contribution in [0.1, 0.15) is 23.2 Å². The van der Waals surface area contributed by atoms with E-state index in [1.165, 1.54) is 0 Å². The van der Waals surface area contributed by atoms with Gasteiger partial charge in [-0.25, -0.2) is 0 Å². The van der Waals surface area contributed by atoms with Crippen LogP contribution in [0.2, 0.25) is 0 Å². The molecule has 0 N–H and O–H groups in total. The van der Waals surface area contributed by atoms with Crippen LogP contribution in [0.25, 0.3) is 0 Å². The molecule has 4 heteroatoms. The third kappa shape index (κ3) is 3.35. The average Bonchev–Trinajstić information content (AvgIpc) is 2.38. The van der Waals surface area contributed by atoms with Gasteiger partial charge in [-0.1, -0.05) is 6.07 Å². The molecule has 1 aromatic carbocycles. The zero-order valence-electron chi connectivity index (χ0n) is 9.53. The van der Waals surface area contributed by atoms with E-state index in [-0.39, 0.29) is 5.91 Å². The topological polar surface area (TPSA) is 20.3 Å². The Bertz CT molecular complexity index is 402. The van der Waals surface area contributed by atoms with Gasteiger partial charge in [-0.15, -0.1) is 11.6 Å². The summed E-state index contributed by atoms with van der Waals surface area (Å²) < 4.78 is 1.10. The molecular formula is C13H15ClINO. The first-order valence-corrected chi connectivity index (χ1v) is 7.43. The maximum absolute atomic E-state index is 12.2. The molecule has 92 valence electrons. The Kier molecular flexibility index (Phi) is 4.68. The van der Waals surface area contributed by atoms with E-state index >= 15 is 0 Å². The van der Waals surface area contributed by atoms with Gasteiger partial charge < -0.3 is 4.90 Å². The predicted octanol–water partition coefficient (Wildman–Crippen LogP) is 3.38. The normalized spacial score (nSPS) is 17.2. The van der Waals surface area contributed by atoms with Crippen LogP contribution >= 0.6 is 34.2 Å².